The first-order valence-electron chi connectivity index (χ1n) is 10.1. The van der Waals surface area contributed by atoms with E-state index in [1.165, 1.54) is 0 Å². The Balaban J connectivity index is 1.55. The number of hydrogen-bond donors (Lipinski definition) is 3. The predicted molar refractivity (Wildman–Crippen MR) is 115 cm³/mol. The second-order valence-corrected chi connectivity index (χ2v) is 7.57. The third-order valence-electron chi connectivity index (χ3n) is 4.77. The molecular weight excluding hydrogens is 400 g/mol. The number of nitrogens with one attached hydrogen (secondary N) is 2. The summed E-state index contributed by atoms with van der Waals surface area (Å²) in [4.78, 5) is 41.3. The van der Waals surface area contributed by atoms with Gasteiger partial charge in [0.1, 0.15) is 12.4 Å². The highest BCUT2D eigenvalue weighted by molar-refractivity contribution is 6.04. The molecule has 9 nitrogen and oxygen atoms in total. The van der Waals surface area contributed by atoms with Gasteiger partial charge in [-0.3, -0.25) is 14.4 Å². The first-order valence-corrected chi connectivity index (χ1v) is 10.1. The lowest BCUT2D eigenvalue weighted by Crippen LogP contribution is -2.45. The number of carbonyl (C=O) groups is 3. The standard InChI is InChI=1S/C22H26N4O5/c1-14-12-26(13-15(2)31-14)19-8-5-17(10-23-19)22(30)25-18-6-3-16(4-7-18)9-20(27)24-11-21(28)29/h3-8,10,14-15H,9,11-13H2,1-2H3,(H,24,27)(H,25,30)(H,28,29). The molecule has 2 aromatic rings. The first kappa shape index (κ1) is 22.2. The van der Waals surface area contributed by atoms with E-state index in [4.69, 9.17) is 9.84 Å². The fourth-order valence-electron chi connectivity index (χ4n) is 3.40. The molecule has 31 heavy (non-hydrogen) atoms. The van der Waals surface area contributed by atoms with Crippen molar-refractivity contribution in [2.75, 3.05) is 29.9 Å². The van der Waals surface area contributed by atoms with E-state index in [1.54, 1.807) is 36.5 Å². The van der Waals surface area contributed by atoms with Gasteiger partial charge < -0.3 is 25.4 Å². The Morgan fingerprint density at radius 3 is 2.35 bits per heavy atom. The smallest absolute Gasteiger partial charge is 0.322 e. The molecular formula is C22H26N4O5. The molecule has 0 aliphatic carbocycles. The van der Waals surface area contributed by atoms with Crippen molar-refractivity contribution in [2.24, 2.45) is 0 Å². The third-order valence-corrected chi connectivity index (χ3v) is 4.77. The highest BCUT2D eigenvalue weighted by Gasteiger charge is 2.23. The zero-order chi connectivity index (χ0) is 22.4. The topological polar surface area (TPSA) is 121 Å². The molecule has 1 aliphatic rings. The largest absolute Gasteiger partial charge is 0.480 e. The number of carboxylic acid groups (broad SMARTS) is 1. The summed E-state index contributed by atoms with van der Waals surface area (Å²) in [5.74, 6) is -0.948. The molecule has 2 atom stereocenters. The molecule has 2 amide bonds. The highest BCUT2D eigenvalue weighted by atomic mass is 16.5. The highest BCUT2D eigenvalue weighted by Crippen LogP contribution is 2.19. The maximum absolute atomic E-state index is 12.5. The van der Waals surface area contributed by atoms with E-state index in [1.807, 2.05) is 19.9 Å². The van der Waals surface area contributed by atoms with Gasteiger partial charge in [0, 0.05) is 25.0 Å². The number of morpholine rings is 1. The van der Waals surface area contributed by atoms with E-state index in [0.29, 0.717) is 16.8 Å². The number of anilines is 2. The molecule has 1 aromatic heterocycles. The van der Waals surface area contributed by atoms with E-state index >= 15 is 0 Å². The minimum absolute atomic E-state index is 0.0612. The number of pyridine rings is 1. The molecule has 1 aromatic carbocycles. The molecule has 0 saturated carbocycles. The Kier molecular flexibility index (Phi) is 7.19. The van der Waals surface area contributed by atoms with Crippen LogP contribution < -0.4 is 15.5 Å². The summed E-state index contributed by atoms with van der Waals surface area (Å²) in [6, 6.07) is 10.4. The van der Waals surface area contributed by atoms with Crippen LogP contribution in [0.4, 0.5) is 11.5 Å². The van der Waals surface area contributed by atoms with Gasteiger partial charge in [-0.1, -0.05) is 12.1 Å². The van der Waals surface area contributed by atoms with Crippen molar-refractivity contribution in [3.05, 3.63) is 53.7 Å². The van der Waals surface area contributed by atoms with Crippen LogP contribution in [0.2, 0.25) is 0 Å². The summed E-state index contributed by atoms with van der Waals surface area (Å²) >= 11 is 0. The van der Waals surface area contributed by atoms with Crippen molar-refractivity contribution in [1.29, 1.82) is 0 Å². The number of ether oxygens (including phenoxy) is 1. The number of aliphatic carboxylic acids is 1. The molecule has 9 heteroatoms. The van der Waals surface area contributed by atoms with Crippen LogP contribution in [0.25, 0.3) is 0 Å². The zero-order valence-corrected chi connectivity index (χ0v) is 17.5. The Hall–Kier alpha value is -3.46. The SMILES string of the molecule is CC1CN(c2ccc(C(=O)Nc3ccc(CC(=O)NCC(=O)O)cc3)cn2)CC(C)O1. The Bertz CT molecular complexity index is 920. The van der Waals surface area contributed by atoms with Crippen LogP contribution in [0.5, 0.6) is 0 Å². The van der Waals surface area contributed by atoms with E-state index in [9.17, 15) is 14.4 Å². The summed E-state index contributed by atoms with van der Waals surface area (Å²) in [6.45, 7) is 5.15. The molecule has 1 fully saturated rings. The van der Waals surface area contributed by atoms with Crippen molar-refractivity contribution < 1.29 is 24.2 Å². The van der Waals surface area contributed by atoms with Crippen LogP contribution in [0, 0.1) is 0 Å². The molecule has 164 valence electrons. The summed E-state index contributed by atoms with van der Waals surface area (Å²) in [7, 11) is 0. The van der Waals surface area contributed by atoms with E-state index in [0.717, 1.165) is 18.9 Å². The lowest BCUT2D eigenvalue weighted by Gasteiger charge is -2.36. The van der Waals surface area contributed by atoms with Crippen molar-refractivity contribution in [3.63, 3.8) is 0 Å². The van der Waals surface area contributed by atoms with Gasteiger partial charge in [0.25, 0.3) is 5.91 Å². The Labute approximate surface area is 180 Å². The number of carbonyl (C=O) groups excluding carboxylic acids is 2. The summed E-state index contributed by atoms with van der Waals surface area (Å²) in [6.07, 6.45) is 1.86. The molecule has 3 N–H and O–H groups in total. The van der Waals surface area contributed by atoms with Gasteiger partial charge in [-0.05, 0) is 43.7 Å². The first-order chi connectivity index (χ1) is 14.8. The van der Waals surface area contributed by atoms with Gasteiger partial charge in [0.15, 0.2) is 0 Å². The van der Waals surface area contributed by atoms with Crippen molar-refractivity contribution in [2.45, 2.75) is 32.5 Å². The second kappa shape index (κ2) is 10.0. The van der Waals surface area contributed by atoms with Crippen LogP contribution in [0.1, 0.15) is 29.8 Å². The lowest BCUT2D eigenvalue weighted by molar-refractivity contribution is -0.137. The van der Waals surface area contributed by atoms with Crippen LogP contribution >= 0.6 is 0 Å². The van der Waals surface area contributed by atoms with Gasteiger partial charge in [0.05, 0.1) is 24.2 Å². The average molecular weight is 426 g/mol. The number of aromatic nitrogens is 1. The van der Waals surface area contributed by atoms with Crippen molar-refractivity contribution >= 4 is 29.3 Å². The van der Waals surface area contributed by atoms with E-state index in [-0.39, 0.29) is 30.4 Å². The molecule has 1 aliphatic heterocycles. The van der Waals surface area contributed by atoms with Crippen molar-refractivity contribution in [3.8, 4) is 0 Å². The van der Waals surface area contributed by atoms with Crippen LogP contribution in [-0.4, -0.2) is 59.7 Å². The van der Waals surface area contributed by atoms with Crippen LogP contribution in [0.3, 0.4) is 0 Å². The molecule has 2 heterocycles. The van der Waals surface area contributed by atoms with Crippen molar-refractivity contribution in [1.82, 2.24) is 10.3 Å². The predicted octanol–water partition coefficient (Wildman–Crippen LogP) is 1.69. The summed E-state index contributed by atoms with van der Waals surface area (Å²) in [5.41, 5.74) is 1.73. The number of benzene rings is 1. The van der Waals surface area contributed by atoms with Gasteiger partial charge in [-0.2, -0.15) is 0 Å². The minimum atomic E-state index is -1.09. The zero-order valence-electron chi connectivity index (χ0n) is 17.5. The number of hydrogen-bond acceptors (Lipinski definition) is 6. The number of rotatable bonds is 7. The normalized spacial score (nSPS) is 18.3. The molecule has 2 unspecified atom stereocenters. The average Bonchev–Trinajstić information content (AvgIpc) is 2.73. The number of nitrogens with zero attached hydrogens (tertiary/aromatic N) is 2. The van der Waals surface area contributed by atoms with Gasteiger partial charge in [-0.15, -0.1) is 0 Å². The molecule has 0 spiro atoms. The van der Waals surface area contributed by atoms with E-state index < -0.39 is 12.5 Å². The van der Waals surface area contributed by atoms with Crippen LogP contribution in [-0.2, 0) is 20.7 Å². The van der Waals surface area contributed by atoms with E-state index in [2.05, 4.69) is 20.5 Å². The second-order valence-electron chi connectivity index (χ2n) is 7.57. The quantitative estimate of drug-likeness (QED) is 0.616. The van der Waals surface area contributed by atoms with Gasteiger partial charge >= 0.3 is 5.97 Å². The monoisotopic (exact) mass is 426 g/mol. The minimum Gasteiger partial charge on any atom is -0.480 e. The Morgan fingerprint density at radius 2 is 1.77 bits per heavy atom. The fraction of sp³-hybridized carbons (Fsp3) is 0.364. The number of carboxylic acids is 1. The lowest BCUT2D eigenvalue weighted by atomic mass is 10.1. The fourth-order valence-corrected chi connectivity index (χ4v) is 3.40. The number of amides is 2. The Morgan fingerprint density at radius 1 is 1.10 bits per heavy atom. The molecule has 3 rings (SSSR count). The molecule has 0 bridgehead atoms. The third kappa shape index (κ3) is 6.51. The van der Waals surface area contributed by atoms with Gasteiger partial charge in [0.2, 0.25) is 5.91 Å². The molecule has 0 radical (unpaired) electrons. The molecule has 1 saturated heterocycles. The maximum atomic E-state index is 12.5. The summed E-state index contributed by atoms with van der Waals surface area (Å²) < 4.78 is 5.74. The van der Waals surface area contributed by atoms with Crippen LogP contribution in [0.15, 0.2) is 42.6 Å². The summed E-state index contributed by atoms with van der Waals surface area (Å²) in [5, 5.41) is 13.7. The maximum Gasteiger partial charge on any atom is 0.322 e. The van der Waals surface area contributed by atoms with Gasteiger partial charge in [-0.25, -0.2) is 4.98 Å².